The Morgan fingerprint density at radius 2 is 1.64 bits per heavy atom. The van der Waals surface area contributed by atoms with Gasteiger partial charge in [0.1, 0.15) is 5.82 Å². The number of amides is 1. The summed E-state index contributed by atoms with van der Waals surface area (Å²) in [6.45, 7) is 2.03. The Labute approximate surface area is 131 Å². The minimum Gasteiger partial charge on any atom is -0.354 e. The van der Waals surface area contributed by atoms with E-state index in [1.807, 2.05) is 25.1 Å². The molecule has 0 spiro atoms. The van der Waals surface area contributed by atoms with Gasteiger partial charge in [-0.25, -0.2) is 4.39 Å². The van der Waals surface area contributed by atoms with Crippen LogP contribution >= 0.6 is 0 Å². The van der Waals surface area contributed by atoms with E-state index in [0.29, 0.717) is 12.8 Å². The van der Waals surface area contributed by atoms with Crippen molar-refractivity contribution in [3.63, 3.8) is 0 Å². The summed E-state index contributed by atoms with van der Waals surface area (Å²) in [5, 5.41) is 3.02. The zero-order valence-electron chi connectivity index (χ0n) is 12.9. The summed E-state index contributed by atoms with van der Waals surface area (Å²) in [6, 6.07) is 16.7. The van der Waals surface area contributed by atoms with E-state index in [-0.39, 0.29) is 17.8 Å². The molecule has 0 aliphatic heterocycles. The van der Waals surface area contributed by atoms with E-state index in [1.165, 1.54) is 17.7 Å². The van der Waals surface area contributed by atoms with Crippen LogP contribution in [0.15, 0.2) is 54.6 Å². The maximum Gasteiger partial charge on any atom is 0.220 e. The molecule has 1 N–H and O–H groups in total. The van der Waals surface area contributed by atoms with Crippen LogP contribution in [0.5, 0.6) is 0 Å². The molecule has 1 atom stereocenters. The number of rotatable bonds is 7. The average Bonchev–Trinajstić information content (AvgIpc) is 2.53. The second-order valence-electron chi connectivity index (χ2n) is 5.62. The lowest BCUT2D eigenvalue weighted by Gasteiger charge is -2.14. The van der Waals surface area contributed by atoms with Crippen molar-refractivity contribution in [3.05, 3.63) is 71.5 Å². The Hall–Kier alpha value is -2.16. The summed E-state index contributed by atoms with van der Waals surface area (Å²) < 4.78 is 12.8. The first-order valence-electron chi connectivity index (χ1n) is 7.71. The molecule has 22 heavy (non-hydrogen) atoms. The van der Waals surface area contributed by atoms with Gasteiger partial charge in [0.25, 0.3) is 0 Å². The van der Waals surface area contributed by atoms with Crippen LogP contribution in [-0.4, -0.2) is 11.9 Å². The van der Waals surface area contributed by atoms with Gasteiger partial charge in [-0.2, -0.15) is 0 Å². The summed E-state index contributed by atoms with van der Waals surface area (Å²) >= 11 is 0. The molecule has 0 heterocycles. The molecule has 116 valence electrons. The van der Waals surface area contributed by atoms with Crippen LogP contribution in [0.2, 0.25) is 0 Å². The second-order valence-corrected chi connectivity index (χ2v) is 5.62. The molecule has 2 nitrogen and oxygen atoms in total. The van der Waals surface area contributed by atoms with Crippen LogP contribution < -0.4 is 5.32 Å². The number of hydrogen-bond donors (Lipinski definition) is 1. The van der Waals surface area contributed by atoms with Crippen molar-refractivity contribution in [1.29, 1.82) is 0 Å². The predicted octanol–water partition coefficient (Wildman–Crippen LogP) is 3.90. The number of nitrogens with one attached hydrogen (secondary N) is 1. The molecule has 3 heteroatoms. The fraction of sp³-hybridized carbons (Fsp3) is 0.316. The van der Waals surface area contributed by atoms with Crippen molar-refractivity contribution < 1.29 is 9.18 Å². The van der Waals surface area contributed by atoms with Gasteiger partial charge < -0.3 is 5.32 Å². The van der Waals surface area contributed by atoms with Gasteiger partial charge in [0, 0.05) is 12.5 Å². The van der Waals surface area contributed by atoms with Crippen molar-refractivity contribution in [2.24, 2.45) is 0 Å². The molecule has 0 aliphatic rings. The van der Waals surface area contributed by atoms with Gasteiger partial charge in [-0.3, -0.25) is 4.79 Å². The normalized spacial score (nSPS) is 11.9. The van der Waals surface area contributed by atoms with Gasteiger partial charge >= 0.3 is 0 Å². The third-order valence-corrected chi connectivity index (χ3v) is 3.67. The number of benzene rings is 2. The summed E-state index contributed by atoms with van der Waals surface area (Å²) in [6.07, 6.45) is 2.95. The van der Waals surface area contributed by atoms with Crippen LogP contribution in [0.25, 0.3) is 0 Å². The lowest BCUT2D eigenvalue weighted by atomic mass is 10.1. The Morgan fingerprint density at radius 1 is 1.00 bits per heavy atom. The van der Waals surface area contributed by atoms with Crippen molar-refractivity contribution in [1.82, 2.24) is 5.32 Å². The average molecular weight is 299 g/mol. The smallest absolute Gasteiger partial charge is 0.220 e. The number of halogens is 1. The highest BCUT2D eigenvalue weighted by Gasteiger charge is 2.08. The van der Waals surface area contributed by atoms with E-state index in [9.17, 15) is 9.18 Å². The molecule has 1 unspecified atom stereocenters. The minimum absolute atomic E-state index is 0.0462. The third-order valence-electron chi connectivity index (χ3n) is 3.67. The highest BCUT2D eigenvalue weighted by molar-refractivity contribution is 5.76. The molecule has 0 saturated heterocycles. The summed E-state index contributed by atoms with van der Waals surface area (Å²) in [5.41, 5.74) is 2.27. The van der Waals surface area contributed by atoms with E-state index in [0.717, 1.165) is 18.4 Å². The third kappa shape index (κ3) is 5.68. The maximum absolute atomic E-state index is 12.8. The van der Waals surface area contributed by atoms with Gasteiger partial charge in [-0.05, 0) is 49.4 Å². The molecule has 0 fully saturated rings. The monoisotopic (exact) mass is 299 g/mol. The first-order chi connectivity index (χ1) is 10.6. The Bertz CT molecular complexity index is 580. The molecule has 0 radical (unpaired) electrons. The number of hydrogen-bond acceptors (Lipinski definition) is 1. The van der Waals surface area contributed by atoms with Crippen molar-refractivity contribution in [2.45, 2.75) is 38.6 Å². The first-order valence-corrected chi connectivity index (χ1v) is 7.71. The zero-order valence-corrected chi connectivity index (χ0v) is 12.9. The SMILES string of the molecule is CC(CCc1ccccc1)NC(=O)CCc1ccc(F)cc1. The zero-order chi connectivity index (χ0) is 15.8. The quantitative estimate of drug-likeness (QED) is 0.825. The largest absolute Gasteiger partial charge is 0.354 e. The van der Waals surface area contributed by atoms with Gasteiger partial charge in [0.2, 0.25) is 5.91 Å². The Kier molecular flexibility index (Phi) is 6.13. The maximum atomic E-state index is 12.8. The van der Waals surface area contributed by atoms with E-state index in [2.05, 4.69) is 17.4 Å². The van der Waals surface area contributed by atoms with E-state index in [1.54, 1.807) is 12.1 Å². The topological polar surface area (TPSA) is 29.1 Å². The molecular formula is C19H22FNO. The van der Waals surface area contributed by atoms with Gasteiger partial charge in [0.15, 0.2) is 0 Å². The lowest BCUT2D eigenvalue weighted by Crippen LogP contribution is -2.33. The lowest BCUT2D eigenvalue weighted by molar-refractivity contribution is -0.121. The summed E-state index contributed by atoms with van der Waals surface area (Å²) in [4.78, 5) is 11.9. The van der Waals surface area contributed by atoms with Crippen LogP contribution in [0, 0.1) is 5.82 Å². The standard InChI is InChI=1S/C19H22FNO/c1-15(7-8-16-5-3-2-4-6-16)21-19(22)14-11-17-9-12-18(20)13-10-17/h2-6,9-10,12-13,15H,7-8,11,14H2,1H3,(H,21,22). The van der Waals surface area contributed by atoms with Gasteiger partial charge in [-0.1, -0.05) is 42.5 Å². The number of carbonyl (C=O) groups is 1. The summed E-state index contributed by atoms with van der Waals surface area (Å²) in [5.74, 6) is -0.201. The van der Waals surface area contributed by atoms with E-state index >= 15 is 0 Å². The Morgan fingerprint density at radius 3 is 2.32 bits per heavy atom. The molecule has 2 aromatic carbocycles. The molecule has 2 rings (SSSR count). The van der Waals surface area contributed by atoms with Gasteiger partial charge in [-0.15, -0.1) is 0 Å². The van der Waals surface area contributed by atoms with E-state index in [4.69, 9.17) is 0 Å². The molecule has 0 saturated carbocycles. The minimum atomic E-state index is -0.247. The van der Waals surface area contributed by atoms with Crippen LogP contribution in [-0.2, 0) is 17.6 Å². The second kappa shape index (κ2) is 8.32. The predicted molar refractivity (Wildman–Crippen MR) is 87.1 cm³/mol. The molecule has 0 aromatic heterocycles. The molecule has 0 bridgehead atoms. The number of carbonyl (C=O) groups excluding carboxylic acids is 1. The van der Waals surface area contributed by atoms with Crippen molar-refractivity contribution in [2.75, 3.05) is 0 Å². The first kappa shape index (κ1) is 16.2. The Balaban J connectivity index is 1.68. The summed E-state index contributed by atoms with van der Waals surface area (Å²) in [7, 11) is 0. The fourth-order valence-corrected chi connectivity index (χ4v) is 2.36. The number of aryl methyl sites for hydroxylation is 2. The molecular weight excluding hydrogens is 277 g/mol. The highest BCUT2D eigenvalue weighted by Crippen LogP contribution is 2.07. The van der Waals surface area contributed by atoms with Crippen molar-refractivity contribution in [3.8, 4) is 0 Å². The van der Waals surface area contributed by atoms with E-state index < -0.39 is 0 Å². The van der Waals surface area contributed by atoms with Crippen LogP contribution in [0.3, 0.4) is 0 Å². The van der Waals surface area contributed by atoms with Crippen molar-refractivity contribution >= 4 is 5.91 Å². The fourth-order valence-electron chi connectivity index (χ4n) is 2.36. The molecule has 1 amide bonds. The highest BCUT2D eigenvalue weighted by atomic mass is 19.1. The van der Waals surface area contributed by atoms with Crippen LogP contribution in [0.4, 0.5) is 4.39 Å². The molecule has 0 aliphatic carbocycles. The van der Waals surface area contributed by atoms with Crippen LogP contribution in [0.1, 0.15) is 30.9 Å². The van der Waals surface area contributed by atoms with Gasteiger partial charge in [0.05, 0.1) is 0 Å². The molecule has 2 aromatic rings.